The molecule has 2 heterocycles. The van der Waals surface area contributed by atoms with Gasteiger partial charge in [0.15, 0.2) is 5.97 Å². The molecule has 0 saturated heterocycles. The van der Waals surface area contributed by atoms with E-state index in [0.29, 0.717) is 40.4 Å². The molecule has 1 aromatic heterocycles. The Morgan fingerprint density at radius 1 is 1.33 bits per heavy atom. The number of nitrogens with one attached hydrogen (secondary N) is 1. The zero-order chi connectivity index (χ0) is 19.7. The third kappa shape index (κ3) is 3.45. The van der Waals surface area contributed by atoms with Crippen molar-refractivity contribution in [3.63, 3.8) is 0 Å². The average Bonchev–Trinajstić information content (AvgIpc) is 2.63. The molecule has 1 aliphatic rings. The number of hydrogen-bond acceptors (Lipinski definition) is 4. The second-order valence-electron chi connectivity index (χ2n) is 6.34. The molecule has 27 heavy (non-hydrogen) atoms. The zero-order valence-electron chi connectivity index (χ0n) is 15.1. The van der Waals surface area contributed by atoms with Crippen LogP contribution in [0.4, 0.5) is 10.2 Å². The molecule has 3 N–H and O–H groups in total. The molecule has 0 fully saturated rings. The summed E-state index contributed by atoms with van der Waals surface area (Å²) in [7, 11) is 0. The van der Waals surface area contributed by atoms with Crippen LogP contribution in [0.1, 0.15) is 37.8 Å². The minimum absolute atomic E-state index is 0.255. The van der Waals surface area contributed by atoms with E-state index in [0.717, 1.165) is 17.4 Å². The number of halogens is 2. The number of aliphatic imine (C=N–C) groups is 1. The Morgan fingerprint density at radius 3 is 2.67 bits per heavy atom. The first-order valence-corrected chi connectivity index (χ1v) is 9.02. The molecule has 7 heteroatoms. The van der Waals surface area contributed by atoms with E-state index >= 15 is 0 Å². The number of nitrogens with two attached hydrogens (primary N) is 1. The van der Waals surface area contributed by atoms with Gasteiger partial charge in [0.1, 0.15) is 5.82 Å². The van der Waals surface area contributed by atoms with Gasteiger partial charge in [0.2, 0.25) is 0 Å². The molecule has 0 saturated carbocycles. The fourth-order valence-corrected chi connectivity index (χ4v) is 3.60. The summed E-state index contributed by atoms with van der Waals surface area (Å²) in [6.07, 6.45) is 1.95. The van der Waals surface area contributed by atoms with Gasteiger partial charge in [-0.2, -0.15) is 4.39 Å². The second-order valence-corrected chi connectivity index (χ2v) is 6.75. The van der Waals surface area contributed by atoms with E-state index in [2.05, 4.69) is 4.99 Å². The number of pyridine rings is 1. The number of hydrogen-bond donors (Lipinski definition) is 2. The lowest BCUT2D eigenvalue weighted by Gasteiger charge is -2.16. The molecule has 0 bridgehead atoms. The molecule has 5 nitrogen and oxygen atoms in total. The van der Waals surface area contributed by atoms with Gasteiger partial charge in [-0.3, -0.25) is 9.36 Å². The molecular formula is C20H20ClFN4O. The lowest BCUT2D eigenvalue weighted by molar-refractivity contribution is 0.740. The Bertz CT molecular complexity index is 1050. The average molecular weight is 387 g/mol. The Hall–Kier alpha value is -2.73. The van der Waals surface area contributed by atoms with Crippen molar-refractivity contribution in [2.75, 3.05) is 5.73 Å². The summed E-state index contributed by atoms with van der Waals surface area (Å²) in [5.41, 5.74) is 9.56. The van der Waals surface area contributed by atoms with E-state index in [1.165, 1.54) is 4.57 Å². The number of nitrogens with zero attached hydrogens (tertiary/aromatic N) is 2. The zero-order valence-corrected chi connectivity index (χ0v) is 15.9. The molecule has 1 aliphatic heterocycles. The largest absolute Gasteiger partial charge is 0.384 e. The van der Waals surface area contributed by atoms with Crippen LogP contribution < -0.4 is 11.3 Å². The van der Waals surface area contributed by atoms with Gasteiger partial charge in [0.25, 0.3) is 5.56 Å². The van der Waals surface area contributed by atoms with Crippen molar-refractivity contribution >= 4 is 35.2 Å². The maximum atomic E-state index is 13.3. The molecule has 0 aliphatic carbocycles. The van der Waals surface area contributed by atoms with Crippen molar-refractivity contribution in [3.8, 4) is 11.1 Å². The van der Waals surface area contributed by atoms with Crippen LogP contribution in [0.15, 0.2) is 39.7 Å². The van der Waals surface area contributed by atoms with E-state index in [9.17, 15) is 9.18 Å². The van der Waals surface area contributed by atoms with Gasteiger partial charge in [-0.1, -0.05) is 23.7 Å². The third-order valence-electron chi connectivity index (χ3n) is 4.75. The summed E-state index contributed by atoms with van der Waals surface area (Å²) >= 11 is 6.49. The monoisotopic (exact) mass is 386 g/mol. The number of allylic oxidation sites excluding steroid dienone is 2. The van der Waals surface area contributed by atoms with Crippen LogP contribution in [-0.4, -0.2) is 16.7 Å². The van der Waals surface area contributed by atoms with Gasteiger partial charge < -0.3 is 11.1 Å². The van der Waals surface area contributed by atoms with E-state index < -0.39 is 0 Å². The summed E-state index contributed by atoms with van der Waals surface area (Å²) in [5, 5.41) is 7.95. The minimum Gasteiger partial charge on any atom is -0.384 e. The fourth-order valence-electron chi connectivity index (χ4n) is 3.31. The van der Waals surface area contributed by atoms with Crippen molar-refractivity contribution in [1.29, 1.82) is 5.41 Å². The van der Waals surface area contributed by atoms with Crippen LogP contribution >= 0.6 is 11.6 Å². The highest BCUT2D eigenvalue weighted by molar-refractivity contribution is 6.33. The molecule has 0 radical (unpaired) electrons. The van der Waals surface area contributed by atoms with Gasteiger partial charge in [0, 0.05) is 46.6 Å². The minimum atomic E-state index is -0.361. The molecule has 0 amide bonds. The van der Waals surface area contributed by atoms with Gasteiger partial charge >= 0.3 is 0 Å². The normalized spacial score (nSPS) is 14.3. The predicted octanol–water partition coefficient (Wildman–Crippen LogP) is 4.66. The number of rotatable bonds is 4. The van der Waals surface area contributed by atoms with Gasteiger partial charge in [-0.25, -0.2) is 4.99 Å². The molecule has 2 aromatic rings. The Balaban J connectivity index is 2.14. The smallest absolute Gasteiger partial charge is 0.260 e. The van der Waals surface area contributed by atoms with E-state index in [-0.39, 0.29) is 23.8 Å². The molecule has 1 aromatic carbocycles. The maximum Gasteiger partial charge on any atom is 0.260 e. The molecule has 3 rings (SSSR count). The van der Waals surface area contributed by atoms with Crippen LogP contribution in [0, 0.1) is 5.41 Å². The van der Waals surface area contributed by atoms with E-state index in [1.807, 2.05) is 13.0 Å². The first kappa shape index (κ1) is 19.0. The third-order valence-corrected chi connectivity index (χ3v) is 5.06. The van der Waals surface area contributed by atoms with Crippen LogP contribution in [0.3, 0.4) is 0 Å². The van der Waals surface area contributed by atoms with Gasteiger partial charge in [0.05, 0.1) is 0 Å². The topological polar surface area (TPSA) is 84.2 Å². The van der Waals surface area contributed by atoms with Crippen molar-refractivity contribution in [2.24, 2.45) is 4.99 Å². The van der Waals surface area contributed by atoms with Crippen LogP contribution in [0.5, 0.6) is 0 Å². The number of nitrogen functional groups attached to an aromatic ring is 1. The van der Waals surface area contributed by atoms with E-state index in [4.69, 9.17) is 22.7 Å². The summed E-state index contributed by atoms with van der Waals surface area (Å²) < 4.78 is 14.8. The van der Waals surface area contributed by atoms with Crippen molar-refractivity contribution in [1.82, 2.24) is 4.57 Å². The standard InChI is InChI=1S/C20H20ClFN4O/c1-3-26-19(24)13(10-23)8-16(20(26)27)15-5-4-12(9-17(15)21)14-6-7-18(22)25-11(14)2/h4-5,8-10,23H,3,6-7,24H2,1-2H3. The van der Waals surface area contributed by atoms with Crippen molar-refractivity contribution < 1.29 is 4.39 Å². The lowest BCUT2D eigenvalue weighted by Crippen LogP contribution is -2.25. The molecule has 0 spiro atoms. The van der Waals surface area contributed by atoms with Gasteiger partial charge in [-0.15, -0.1) is 0 Å². The predicted molar refractivity (Wildman–Crippen MR) is 109 cm³/mol. The van der Waals surface area contributed by atoms with Crippen molar-refractivity contribution in [3.05, 3.63) is 56.5 Å². The molecule has 0 unspecified atom stereocenters. The lowest BCUT2D eigenvalue weighted by atomic mass is 9.95. The quantitative estimate of drug-likeness (QED) is 0.749. The van der Waals surface area contributed by atoms with Crippen LogP contribution in [0.25, 0.3) is 16.7 Å². The van der Waals surface area contributed by atoms with Crippen molar-refractivity contribution in [2.45, 2.75) is 33.2 Å². The highest BCUT2D eigenvalue weighted by atomic mass is 35.5. The SMILES string of the molecule is CCn1c(N)c(C=N)cc(-c2ccc(C3=C(C)N=C(F)CC3)cc2Cl)c1=O. The highest BCUT2D eigenvalue weighted by Crippen LogP contribution is 2.34. The number of aromatic nitrogens is 1. The molecular weight excluding hydrogens is 367 g/mol. The molecule has 140 valence electrons. The summed E-state index contributed by atoms with van der Waals surface area (Å²) in [6.45, 7) is 3.98. The Labute approximate surface area is 161 Å². The Kier molecular flexibility index (Phi) is 5.28. The number of benzene rings is 1. The van der Waals surface area contributed by atoms with E-state index in [1.54, 1.807) is 25.1 Å². The summed E-state index contributed by atoms with van der Waals surface area (Å²) in [6, 6.07) is 6.98. The maximum absolute atomic E-state index is 13.3. The highest BCUT2D eigenvalue weighted by Gasteiger charge is 2.18. The molecule has 0 atom stereocenters. The first-order valence-electron chi connectivity index (χ1n) is 8.64. The van der Waals surface area contributed by atoms with Gasteiger partial charge in [-0.05, 0) is 43.5 Å². The Morgan fingerprint density at radius 2 is 2.07 bits per heavy atom. The first-order chi connectivity index (χ1) is 12.9. The summed E-state index contributed by atoms with van der Waals surface area (Å²) in [5.74, 6) is -0.100. The number of anilines is 1. The van der Waals surface area contributed by atoms with Crippen LogP contribution in [0.2, 0.25) is 5.02 Å². The fraction of sp³-hybridized carbons (Fsp3) is 0.250. The van der Waals surface area contributed by atoms with Crippen LogP contribution in [-0.2, 0) is 6.54 Å². The second kappa shape index (κ2) is 7.48. The summed E-state index contributed by atoms with van der Waals surface area (Å²) in [4.78, 5) is 16.7.